The van der Waals surface area contributed by atoms with Crippen LogP contribution < -0.4 is 11.1 Å². The van der Waals surface area contributed by atoms with Gasteiger partial charge >= 0.3 is 0 Å². The van der Waals surface area contributed by atoms with Crippen molar-refractivity contribution in [1.29, 1.82) is 0 Å². The molecule has 72 valence electrons. The van der Waals surface area contributed by atoms with E-state index < -0.39 is 0 Å². The molecule has 1 aromatic carbocycles. The predicted molar refractivity (Wildman–Crippen MR) is 57.9 cm³/mol. The standard InChI is InChI=1S/C8H9BrN2O.ClH/c9-7-3-1-2-6(4-7)8(12)11-5-10;/h1-4H,5,10H2,(H,11,12);1H. The number of hydrogen-bond donors (Lipinski definition) is 2. The van der Waals surface area contributed by atoms with Crippen LogP contribution in [0.1, 0.15) is 10.4 Å². The lowest BCUT2D eigenvalue weighted by atomic mass is 10.2. The van der Waals surface area contributed by atoms with Crippen molar-refractivity contribution in [3.05, 3.63) is 34.3 Å². The predicted octanol–water partition coefficient (Wildman–Crippen LogP) is 1.52. The molecule has 0 bridgehead atoms. The van der Waals surface area contributed by atoms with Gasteiger partial charge in [-0.1, -0.05) is 22.0 Å². The van der Waals surface area contributed by atoms with Crippen molar-refractivity contribution >= 4 is 34.2 Å². The second-order valence-electron chi connectivity index (χ2n) is 2.22. The van der Waals surface area contributed by atoms with E-state index in [1.807, 2.05) is 6.07 Å². The summed E-state index contributed by atoms with van der Waals surface area (Å²) in [7, 11) is 0. The lowest BCUT2D eigenvalue weighted by Gasteiger charge is -2.01. The zero-order chi connectivity index (χ0) is 8.97. The third-order valence-corrected chi connectivity index (χ3v) is 1.84. The molecule has 0 radical (unpaired) electrons. The zero-order valence-corrected chi connectivity index (χ0v) is 9.19. The minimum Gasteiger partial charge on any atom is -0.340 e. The highest BCUT2D eigenvalue weighted by Crippen LogP contribution is 2.11. The Bertz CT molecular complexity index is 293. The Hall–Kier alpha value is -0.580. The lowest BCUT2D eigenvalue weighted by Crippen LogP contribution is -2.29. The van der Waals surface area contributed by atoms with Crippen molar-refractivity contribution in [1.82, 2.24) is 5.32 Å². The van der Waals surface area contributed by atoms with E-state index in [1.165, 1.54) is 0 Å². The van der Waals surface area contributed by atoms with Gasteiger partial charge in [-0.15, -0.1) is 12.4 Å². The van der Waals surface area contributed by atoms with Crippen molar-refractivity contribution < 1.29 is 4.79 Å². The van der Waals surface area contributed by atoms with E-state index in [2.05, 4.69) is 21.2 Å². The molecule has 0 aliphatic carbocycles. The minimum absolute atomic E-state index is 0. The lowest BCUT2D eigenvalue weighted by molar-refractivity contribution is 0.0955. The topological polar surface area (TPSA) is 55.1 Å². The van der Waals surface area contributed by atoms with Gasteiger partial charge in [-0.3, -0.25) is 4.79 Å². The van der Waals surface area contributed by atoms with Crippen LogP contribution in [0.5, 0.6) is 0 Å². The SMILES string of the molecule is Cl.NCNC(=O)c1cccc(Br)c1. The molecule has 0 saturated heterocycles. The van der Waals surface area contributed by atoms with Gasteiger partial charge in [0, 0.05) is 10.0 Å². The fourth-order valence-corrected chi connectivity index (χ4v) is 1.22. The molecule has 0 saturated carbocycles. The third kappa shape index (κ3) is 3.76. The highest BCUT2D eigenvalue weighted by molar-refractivity contribution is 9.10. The van der Waals surface area contributed by atoms with Crippen molar-refractivity contribution in [2.24, 2.45) is 5.73 Å². The molecule has 0 fully saturated rings. The van der Waals surface area contributed by atoms with Crippen LogP contribution in [0.2, 0.25) is 0 Å². The molecule has 3 nitrogen and oxygen atoms in total. The Labute approximate surface area is 91.2 Å². The normalized spacial score (nSPS) is 8.77. The van der Waals surface area contributed by atoms with Crippen LogP contribution in [0.4, 0.5) is 0 Å². The summed E-state index contributed by atoms with van der Waals surface area (Å²) in [6, 6.07) is 7.13. The summed E-state index contributed by atoms with van der Waals surface area (Å²) in [6.45, 7) is 0.158. The molecule has 1 rings (SSSR count). The molecule has 0 heterocycles. The Kier molecular flexibility index (Phi) is 5.70. The second-order valence-corrected chi connectivity index (χ2v) is 3.14. The molecule has 0 spiro atoms. The molecule has 1 aromatic rings. The van der Waals surface area contributed by atoms with E-state index in [0.29, 0.717) is 5.56 Å². The van der Waals surface area contributed by atoms with Crippen LogP contribution in [-0.2, 0) is 0 Å². The Morgan fingerprint density at radius 1 is 1.54 bits per heavy atom. The molecule has 0 aliphatic heterocycles. The van der Waals surface area contributed by atoms with Gasteiger partial charge in [0.2, 0.25) is 0 Å². The summed E-state index contributed by atoms with van der Waals surface area (Å²) in [5, 5.41) is 2.51. The van der Waals surface area contributed by atoms with Gasteiger partial charge in [-0.2, -0.15) is 0 Å². The maximum absolute atomic E-state index is 11.2. The summed E-state index contributed by atoms with van der Waals surface area (Å²) in [6.07, 6.45) is 0. The average molecular weight is 266 g/mol. The van der Waals surface area contributed by atoms with Crippen molar-refractivity contribution in [2.45, 2.75) is 0 Å². The second kappa shape index (κ2) is 5.96. The molecule has 0 unspecified atom stereocenters. The van der Waals surface area contributed by atoms with Gasteiger partial charge < -0.3 is 11.1 Å². The minimum atomic E-state index is -0.154. The molecule has 5 heteroatoms. The fourth-order valence-electron chi connectivity index (χ4n) is 0.824. The van der Waals surface area contributed by atoms with E-state index in [-0.39, 0.29) is 25.0 Å². The highest BCUT2D eigenvalue weighted by Gasteiger charge is 2.02. The van der Waals surface area contributed by atoms with Crippen LogP contribution in [0, 0.1) is 0 Å². The number of nitrogens with one attached hydrogen (secondary N) is 1. The highest BCUT2D eigenvalue weighted by atomic mass is 79.9. The average Bonchev–Trinajstić information content (AvgIpc) is 2.05. The number of carbonyl (C=O) groups excluding carboxylic acids is 1. The molecule has 13 heavy (non-hydrogen) atoms. The number of benzene rings is 1. The van der Waals surface area contributed by atoms with E-state index in [1.54, 1.807) is 18.2 Å². The number of nitrogens with two attached hydrogens (primary N) is 1. The molecule has 0 atom stereocenters. The third-order valence-electron chi connectivity index (χ3n) is 1.35. The number of hydrogen-bond acceptors (Lipinski definition) is 2. The van der Waals surface area contributed by atoms with Crippen molar-refractivity contribution in [3.8, 4) is 0 Å². The zero-order valence-electron chi connectivity index (χ0n) is 6.79. The van der Waals surface area contributed by atoms with Crippen LogP contribution >= 0.6 is 28.3 Å². The fraction of sp³-hybridized carbons (Fsp3) is 0.125. The van der Waals surface area contributed by atoms with Crippen LogP contribution in [-0.4, -0.2) is 12.6 Å². The van der Waals surface area contributed by atoms with Gasteiger partial charge in [0.05, 0.1) is 6.67 Å². The smallest absolute Gasteiger partial charge is 0.252 e. The van der Waals surface area contributed by atoms with Crippen LogP contribution in [0.25, 0.3) is 0 Å². The molecular weight excluding hydrogens is 255 g/mol. The first kappa shape index (κ1) is 12.4. The number of rotatable bonds is 2. The molecule has 0 aliphatic rings. The van der Waals surface area contributed by atoms with Crippen molar-refractivity contribution in [2.75, 3.05) is 6.67 Å². The van der Waals surface area contributed by atoms with Gasteiger partial charge in [-0.25, -0.2) is 0 Å². The number of halogens is 2. The van der Waals surface area contributed by atoms with E-state index in [0.717, 1.165) is 4.47 Å². The maximum atomic E-state index is 11.2. The van der Waals surface area contributed by atoms with E-state index in [4.69, 9.17) is 5.73 Å². The Balaban J connectivity index is 0.00000144. The molecular formula is C8H10BrClN2O. The van der Waals surface area contributed by atoms with Gasteiger partial charge in [-0.05, 0) is 18.2 Å². The number of carbonyl (C=O) groups is 1. The Morgan fingerprint density at radius 3 is 2.77 bits per heavy atom. The monoisotopic (exact) mass is 264 g/mol. The number of amides is 1. The van der Waals surface area contributed by atoms with Crippen LogP contribution in [0.15, 0.2) is 28.7 Å². The summed E-state index contributed by atoms with van der Waals surface area (Å²) in [5.41, 5.74) is 5.77. The van der Waals surface area contributed by atoms with Gasteiger partial charge in [0.25, 0.3) is 5.91 Å². The molecule has 0 aromatic heterocycles. The first-order valence-electron chi connectivity index (χ1n) is 3.48. The molecule has 3 N–H and O–H groups in total. The van der Waals surface area contributed by atoms with Gasteiger partial charge in [0.15, 0.2) is 0 Å². The van der Waals surface area contributed by atoms with E-state index >= 15 is 0 Å². The first-order valence-corrected chi connectivity index (χ1v) is 4.27. The summed E-state index contributed by atoms with van der Waals surface area (Å²) in [5.74, 6) is -0.154. The largest absolute Gasteiger partial charge is 0.340 e. The molecule has 1 amide bonds. The van der Waals surface area contributed by atoms with Crippen LogP contribution in [0.3, 0.4) is 0 Å². The van der Waals surface area contributed by atoms with Crippen molar-refractivity contribution in [3.63, 3.8) is 0 Å². The Morgan fingerprint density at radius 2 is 2.23 bits per heavy atom. The van der Waals surface area contributed by atoms with Gasteiger partial charge in [0.1, 0.15) is 0 Å². The first-order chi connectivity index (χ1) is 5.74. The van der Waals surface area contributed by atoms with E-state index in [9.17, 15) is 4.79 Å². The summed E-state index contributed by atoms with van der Waals surface area (Å²) >= 11 is 3.27. The quantitative estimate of drug-likeness (QED) is 0.797. The summed E-state index contributed by atoms with van der Waals surface area (Å²) in [4.78, 5) is 11.2. The maximum Gasteiger partial charge on any atom is 0.252 e. The summed E-state index contributed by atoms with van der Waals surface area (Å²) < 4.78 is 0.882.